The van der Waals surface area contributed by atoms with E-state index in [9.17, 15) is 4.79 Å². The van der Waals surface area contributed by atoms with Crippen molar-refractivity contribution in [2.24, 2.45) is 16.7 Å². The Balaban J connectivity index is 1.74. The summed E-state index contributed by atoms with van der Waals surface area (Å²) in [6.45, 7) is 8.33. The molecule has 1 saturated carbocycles. The van der Waals surface area contributed by atoms with Crippen LogP contribution in [0.1, 0.15) is 39.4 Å². The van der Waals surface area contributed by atoms with E-state index in [-0.39, 0.29) is 22.7 Å². The van der Waals surface area contributed by atoms with Gasteiger partial charge in [-0.2, -0.15) is 0 Å². The molecule has 1 atom stereocenters. The van der Waals surface area contributed by atoms with E-state index in [2.05, 4.69) is 33.6 Å². The van der Waals surface area contributed by atoms with Crippen molar-refractivity contribution < 1.29 is 14.3 Å². The van der Waals surface area contributed by atoms with E-state index in [1.165, 1.54) is 0 Å². The lowest BCUT2D eigenvalue weighted by molar-refractivity contribution is -0.149. The molecule has 3 nitrogen and oxygen atoms in total. The third-order valence-electron chi connectivity index (χ3n) is 5.78. The maximum atomic E-state index is 12.6. The summed E-state index contributed by atoms with van der Waals surface area (Å²) in [5, 5.41) is 0. The Kier molecular flexibility index (Phi) is 4.54. The predicted octanol–water partition coefficient (Wildman–Crippen LogP) is 5.38. The third-order valence-corrected chi connectivity index (χ3v) is 5.78. The second-order valence-electron chi connectivity index (χ2n) is 7.85. The van der Waals surface area contributed by atoms with Gasteiger partial charge in [-0.25, -0.2) is 0 Å². The number of benzene rings is 2. The lowest BCUT2D eigenvalue weighted by Gasteiger charge is -2.15. The molecule has 0 N–H and O–H groups in total. The zero-order chi connectivity index (χ0) is 18.9. The lowest BCUT2D eigenvalue weighted by atomic mass is 10.0. The molecular weight excluding hydrogens is 324 g/mol. The molecule has 0 heterocycles. The fraction of sp³-hybridized carbons (Fsp3) is 0.348. The highest BCUT2D eigenvalue weighted by atomic mass is 16.5. The minimum Gasteiger partial charge on any atom is -0.457 e. The smallest absolute Gasteiger partial charge is 0.311 e. The largest absolute Gasteiger partial charge is 0.457 e. The first-order chi connectivity index (χ1) is 12.3. The molecule has 2 aromatic carbocycles. The lowest BCUT2D eigenvalue weighted by Crippen LogP contribution is -2.15. The van der Waals surface area contributed by atoms with Crippen molar-refractivity contribution in [1.29, 1.82) is 0 Å². The summed E-state index contributed by atoms with van der Waals surface area (Å²) in [7, 11) is 0. The molecule has 3 heteroatoms. The second kappa shape index (κ2) is 6.53. The van der Waals surface area contributed by atoms with Gasteiger partial charge in [-0.15, -0.1) is 6.42 Å². The topological polar surface area (TPSA) is 35.5 Å². The Morgan fingerprint density at radius 3 is 2.19 bits per heavy atom. The molecule has 1 fully saturated rings. The minimum atomic E-state index is -0.728. The first kappa shape index (κ1) is 18.1. The van der Waals surface area contributed by atoms with Crippen LogP contribution in [0.2, 0.25) is 0 Å². The van der Waals surface area contributed by atoms with Crippen LogP contribution in [0.25, 0.3) is 0 Å². The van der Waals surface area contributed by atoms with Gasteiger partial charge in [0.2, 0.25) is 0 Å². The van der Waals surface area contributed by atoms with Gasteiger partial charge in [0.1, 0.15) is 11.5 Å². The molecule has 0 aliphatic heterocycles. The highest BCUT2D eigenvalue weighted by Crippen LogP contribution is 2.68. The van der Waals surface area contributed by atoms with E-state index in [1.807, 2.05) is 54.6 Å². The van der Waals surface area contributed by atoms with Crippen molar-refractivity contribution in [2.45, 2.75) is 33.8 Å². The van der Waals surface area contributed by atoms with Crippen LogP contribution >= 0.6 is 0 Å². The number of hydrogen-bond donors (Lipinski definition) is 0. The zero-order valence-electron chi connectivity index (χ0n) is 15.7. The number of carbonyl (C=O) groups excluding carboxylic acids is 1. The second-order valence-corrected chi connectivity index (χ2v) is 7.85. The van der Waals surface area contributed by atoms with Gasteiger partial charge in [0.05, 0.1) is 5.92 Å². The molecule has 134 valence electrons. The van der Waals surface area contributed by atoms with Crippen LogP contribution in [0.5, 0.6) is 11.5 Å². The molecule has 0 bridgehead atoms. The Morgan fingerprint density at radius 2 is 1.62 bits per heavy atom. The Bertz CT molecular complexity index is 829. The Morgan fingerprint density at radius 1 is 1.00 bits per heavy atom. The fourth-order valence-corrected chi connectivity index (χ4v) is 3.53. The van der Waals surface area contributed by atoms with Gasteiger partial charge in [0, 0.05) is 5.56 Å². The van der Waals surface area contributed by atoms with Crippen LogP contribution in [0.4, 0.5) is 0 Å². The maximum absolute atomic E-state index is 12.6. The number of terminal acetylenes is 1. The van der Waals surface area contributed by atoms with Crippen LogP contribution in [0.3, 0.4) is 0 Å². The average Bonchev–Trinajstić information content (AvgIpc) is 3.02. The molecule has 1 aliphatic rings. The van der Waals surface area contributed by atoms with Gasteiger partial charge in [0.25, 0.3) is 0 Å². The van der Waals surface area contributed by atoms with E-state index in [4.69, 9.17) is 15.9 Å². The Labute approximate surface area is 155 Å². The summed E-state index contributed by atoms with van der Waals surface area (Å²) in [4.78, 5) is 12.6. The van der Waals surface area contributed by atoms with Gasteiger partial charge in [0.15, 0.2) is 6.10 Å². The first-order valence-corrected chi connectivity index (χ1v) is 8.77. The number of esters is 1. The molecule has 0 spiro atoms. The summed E-state index contributed by atoms with van der Waals surface area (Å²) in [6.07, 6.45) is 4.92. The van der Waals surface area contributed by atoms with Gasteiger partial charge in [-0.05, 0) is 35.1 Å². The fourth-order valence-electron chi connectivity index (χ4n) is 3.53. The minimum absolute atomic E-state index is 0.0818. The van der Waals surface area contributed by atoms with E-state index >= 15 is 0 Å². The van der Waals surface area contributed by atoms with Gasteiger partial charge in [-0.1, -0.05) is 63.9 Å². The third kappa shape index (κ3) is 3.20. The predicted molar refractivity (Wildman–Crippen MR) is 102 cm³/mol. The van der Waals surface area contributed by atoms with Gasteiger partial charge in [-0.3, -0.25) is 4.79 Å². The number of para-hydroxylation sites is 1. The maximum Gasteiger partial charge on any atom is 0.311 e. The quantitative estimate of drug-likeness (QED) is 0.538. The van der Waals surface area contributed by atoms with E-state index in [1.54, 1.807) is 0 Å². The molecule has 0 aromatic heterocycles. The summed E-state index contributed by atoms with van der Waals surface area (Å²) in [6, 6.07) is 16.8. The summed E-state index contributed by atoms with van der Waals surface area (Å²) in [5.74, 6) is 3.58. The van der Waals surface area contributed by atoms with Gasteiger partial charge < -0.3 is 9.47 Å². The van der Waals surface area contributed by atoms with Crippen molar-refractivity contribution in [3.05, 3.63) is 60.2 Å². The van der Waals surface area contributed by atoms with Crippen LogP contribution in [-0.4, -0.2) is 5.97 Å². The number of hydrogen-bond acceptors (Lipinski definition) is 3. The molecule has 26 heavy (non-hydrogen) atoms. The molecule has 1 aliphatic carbocycles. The first-order valence-electron chi connectivity index (χ1n) is 8.77. The van der Waals surface area contributed by atoms with Crippen LogP contribution in [-0.2, 0) is 9.53 Å². The highest BCUT2D eigenvalue weighted by molar-refractivity contribution is 5.79. The summed E-state index contributed by atoms with van der Waals surface area (Å²) >= 11 is 0. The van der Waals surface area contributed by atoms with Crippen molar-refractivity contribution in [2.75, 3.05) is 0 Å². The zero-order valence-corrected chi connectivity index (χ0v) is 15.7. The average molecular weight is 348 g/mol. The van der Waals surface area contributed by atoms with Crippen molar-refractivity contribution in [3.63, 3.8) is 0 Å². The van der Waals surface area contributed by atoms with E-state index in [0.29, 0.717) is 5.75 Å². The molecular formula is C23H24O3. The SMILES string of the molecule is C#CC(OC(=O)C1C(C)(C)C1(C)C)c1cccc(Oc2ccccc2)c1. The van der Waals surface area contributed by atoms with E-state index in [0.717, 1.165) is 11.3 Å². The standard InChI is InChI=1S/C23H24O3/c1-6-19(26-21(24)20-22(2,3)23(20,4)5)16-11-10-14-18(15-16)25-17-12-8-7-9-13-17/h1,7-15,19-20H,2-5H3. The molecule has 2 aromatic rings. The molecule has 1 unspecified atom stereocenters. The molecule has 0 radical (unpaired) electrons. The van der Waals surface area contributed by atoms with Gasteiger partial charge >= 0.3 is 5.97 Å². The van der Waals surface area contributed by atoms with Crippen molar-refractivity contribution >= 4 is 5.97 Å². The van der Waals surface area contributed by atoms with Crippen LogP contribution in [0, 0.1) is 29.1 Å². The molecule has 0 saturated heterocycles. The normalized spacial score (nSPS) is 18.4. The number of ether oxygens (including phenoxy) is 2. The molecule has 3 rings (SSSR count). The highest BCUT2D eigenvalue weighted by Gasteiger charge is 2.69. The summed E-state index contributed by atoms with van der Waals surface area (Å²) < 4.78 is 11.5. The molecule has 0 amide bonds. The van der Waals surface area contributed by atoms with Crippen molar-refractivity contribution in [1.82, 2.24) is 0 Å². The van der Waals surface area contributed by atoms with Crippen molar-refractivity contribution in [3.8, 4) is 23.8 Å². The monoisotopic (exact) mass is 348 g/mol. The Hall–Kier alpha value is -2.73. The number of rotatable bonds is 5. The van der Waals surface area contributed by atoms with Crippen LogP contribution in [0.15, 0.2) is 54.6 Å². The number of carbonyl (C=O) groups is 1. The van der Waals surface area contributed by atoms with E-state index < -0.39 is 6.10 Å². The summed E-state index contributed by atoms with van der Waals surface area (Å²) in [5.41, 5.74) is 0.564. The van der Waals surface area contributed by atoms with Crippen LogP contribution < -0.4 is 4.74 Å².